The Morgan fingerprint density at radius 3 is 2.63 bits per heavy atom. The number of carbonyl (C=O) groups excluding carboxylic acids is 1. The van der Waals surface area contributed by atoms with Gasteiger partial charge in [-0.05, 0) is 43.7 Å². The lowest BCUT2D eigenvalue weighted by Crippen LogP contribution is -2.44. The van der Waals surface area contributed by atoms with Crippen molar-refractivity contribution in [3.8, 4) is 0 Å². The summed E-state index contributed by atoms with van der Waals surface area (Å²) in [5, 5.41) is 3.48. The summed E-state index contributed by atoms with van der Waals surface area (Å²) in [5.74, 6) is 0.00994. The molecule has 2 rings (SSSR count). The Balaban J connectivity index is 2.05. The maximum absolute atomic E-state index is 12.4. The van der Waals surface area contributed by atoms with Crippen LogP contribution in [-0.4, -0.2) is 23.9 Å². The Bertz CT molecular complexity index is 645. The second-order valence-corrected chi connectivity index (χ2v) is 7.26. The Hall–Kier alpha value is -2.05. The molecule has 0 fully saturated rings. The second-order valence-electron chi connectivity index (χ2n) is 7.26. The second kappa shape index (κ2) is 10.3. The van der Waals surface area contributed by atoms with Gasteiger partial charge in [0.25, 0.3) is 0 Å². The van der Waals surface area contributed by atoms with Crippen LogP contribution in [0.25, 0.3) is 0 Å². The molecule has 1 heterocycles. The van der Waals surface area contributed by atoms with Crippen LogP contribution in [0.15, 0.2) is 36.2 Å². The van der Waals surface area contributed by atoms with E-state index in [0.717, 1.165) is 30.6 Å². The van der Waals surface area contributed by atoms with Gasteiger partial charge in [0.05, 0.1) is 24.2 Å². The Labute approximate surface area is 163 Å². The fraction of sp³-hybridized carbons (Fsp3) is 0.571. The van der Waals surface area contributed by atoms with Crippen LogP contribution in [0.5, 0.6) is 0 Å². The summed E-state index contributed by atoms with van der Waals surface area (Å²) in [6, 6.07) is 8.23. The standard InChI is InChI=1S/C21H33N3O3/c1-6-8-13-26-21(25)20(14-16(3)4)27-23-15-17(5)24(22-23)19-12-10-9-11-18(19)7-2/h9-12,15-16,20,22H,6-8,13-14H2,1-5H3. The van der Waals surface area contributed by atoms with Crippen molar-refractivity contribution in [1.82, 2.24) is 10.7 Å². The van der Waals surface area contributed by atoms with Gasteiger partial charge in [-0.1, -0.05) is 52.3 Å². The number of hydrogen-bond acceptors (Lipinski definition) is 6. The van der Waals surface area contributed by atoms with Gasteiger partial charge in [0.1, 0.15) is 0 Å². The Morgan fingerprint density at radius 1 is 1.22 bits per heavy atom. The van der Waals surface area contributed by atoms with Gasteiger partial charge in [-0.25, -0.2) is 9.63 Å². The molecular weight excluding hydrogens is 342 g/mol. The average Bonchev–Trinajstić information content (AvgIpc) is 3.01. The summed E-state index contributed by atoms with van der Waals surface area (Å²) >= 11 is 0. The molecule has 0 amide bonds. The first-order valence-electron chi connectivity index (χ1n) is 9.91. The van der Waals surface area contributed by atoms with E-state index in [4.69, 9.17) is 9.57 Å². The predicted molar refractivity (Wildman–Crippen MR) is 107 cm³/mol. The molecule has 1 atom stereocenters. The molecule has 1 aliphatic heterocycles. The number of para-hydroxylation sites is 1. The Kier molecular flexibility index (Phi) is 8.13. The molecule has 1 N–H and O–H groups in total. The smallest absolute Gasteiger partial charge is 0.338 e. The average molecular weight is 376 g/mol. The van der Waals surface area contributed by atoms with E-state index in [0.29, 0.717) is 18.9 Å². The lowest BCUT2D eigenvalue weighted by atomic mass is 10.1. The molecule has 0 aromatic heterocycles. The van der Waals surface area contributed by atoms with Gasteiger partial charge in [-0.3, -0.25) is 5.01 Å². The first-order valence-corrected chi connectivity index (χ1v) is 9.91. The summed E-state index contributed by atoms with van der Waals surface area (Å²) in [7, 11) is 0. The zero-order valence-corrected chi connectivity index (χ0v) is 17.2. The van der Waals surface area contributed by atoms with Gasteiger partial charge >= 0.3 is 5.97 Å². The zero-order valence-electron chi connectivity index (χ0n) is 17.2. The number of aryl methyl sites for hydroxylation is 1. The van der Waals surface area contributed by atoms with Crippen LogP contribution >= 0.6 is 0 Å². The highest BCUT2D eigenvalue weighted by Gasteiger charge is 2.29. The highest BCUT2D eigenvalue weighted by molar-refractivity contribution is 5.74. The van der Waals surface area contributed by atoms with Gasteiger partial charge < -0.3 is 4.74 Å². The van der Waals surface area contributed by atoms with E-state index in [2.05, 4.69) is 45.4 Å². The largest absolute Gasteiger partial charge is 0.464 e. The molecule has 0 radical (unpaired) electrons. The molecule has 1 aromatic rings. The number of unbranched alkanes of at least 4 members (excludes halogenated alkanes) is 1. The highest BCUT2D eigenvalue weighted by Crippen LogP contribution is 2.26. The molecule has 0 spiro atoms. The highest BCUT2D eigenvalue weighted by atomic mass is 16.7. The normalized spacial score (nSPS) is 15.3. The topological polar surface area (TPSA) is 54.0 Å². The summed E-state index contributed by atoms with van der Waals surface area (Å²) in [6.45, 7) is 10.8. The molecule has 150 valence electrons. The zero-order chi connectivity index (χ0) is 19.8. The van der Waals surface area contributed by atoms with E-state index in [1.54, 1.807) is 0 Å². The van der Waals surface area contributed by atoms with Crippen LogP contribution in [0, 0.1) is 5.92 Å². The molecule has 6 nitrogen and oxygen atoms in total. The van der Waals surface area contributed by atoms with Crippen molar-refractivity contribution < 1.29 is 14.4 Å². The molecule has 1 unspecified atom stereocenters. The van der Waals surface area contributed by atoms with Crippen LogP contribution in [0.2, 0.25) is 0 Å². The number of nitrogens with zero attached hydrogens (tertiary/aromatic N) is 2. The van der Waals surface area contributed by atoms with E-state index in [9.17, 15) is 4.79 Å². The van der Waals surface area contributed by atoms with E-state index in [1.165, 1.54) is 10.7 Å². The molecular formula is C21H33N3O3. The summed E-state index contributed by atoms with van der Waals surface area (Å²) < 4.78 is 5.38. The van der Waals surface area contributed by atoms with Crippen LogP contribution in [0.4, 0.5) is 5.69 Å². The summed E-state index contributed by atoms with van der Waals surface area (Å²) in [5.41, 5.74) is 6.49. The van der Waals surface area contributed by atoms with Crippen molar-refractivity contribution in [2.24, 2.45) is 5.92 Å². The third-order valence-corrected chi connectivity index (χ3v) is 4.40. The molecule has 0 saturated heterocycles. The van der Waals surface area contributed by atoms with Crippen LogP contribution < -0.4 is 10.5 Å². The number of carbonyl (C=O) groups is 1. The van der Waals surface area contributed by atoms with Gasteiger partial charge in [-0.2, -0.15) is 5.17 Å². The molecule has 0 saturated carbocycles. The number of hydrogen-bond donors (Lipinski definition) is 1. The third kappa shape index (κ3) is 5.97. The molecule has 1 aromatic carbocycles. The van der Waals surface area contributed by atoms with Crippen molar-refractivity contribution in [3.05, 3.63) is 41.7 Å². The van der Waals surface area contributed by atoms with Gasteiger partial charge in [-0.15, -0.1) is 5.53 Å². The quantitative estimate of drug-likeness (QED) is 0.485. The van der Waals surface area contributed by atoms with E-state index >= 15 is 0 Å². The number of nitrogens with one attached hydrogen (secondary N) is 1. The monoisotopic (exact) mass is 375 g/mol. The van der Waals surface area contributed by atoms with Crippen molar-refractivity contribution in [2.75, 3.05) is 11.6 Å². The number of rotatable bonds is 10. The number of hydroxylamine groups is 1. The molecule has 0 aliphatic carbocycles. The van der Waals surface area contributed by atoms with Crippen molar-refractivity contribution in [1.29, 1.82) is 0 Å². The first kappa shape index (κ1) is 21.3. The third-order valence-electron chi connectivity index (χ3n) is 4.40. The maximum Gasteiger partial charge on any atom is 0.338 e. The maximum atomic E-state index is 12.4. The van der Waals surface area contributed by atoms with Crippen molar-refractivity contribution >= 4 is 11.7 Å². The first-order chi connectivity index (χ1) is 13.0. The predicted octanol–water partition coefficient (Wildman–Crippen LogP) is 4.34. The number of hydrazine groups is 2. The summed E-state index contributed by atoms with van der Waals surface area (Å²) in [6.07, 6.45) is 4.59. The molecule has 1 aliphatic rings. The lowest BCUT2D eigenvalue weighted by molar-refractivity contribution is -0.212. The van der Waals surface area contributed by atoms with Gasteiger partial charge in [0.2, 0.25) is 0 Å². The SMILES string of the molecule is CCCCOC(=O)C(CC(C)C)ON1C=C(C)N(c2ccccc2CC)N1. The molecule has 6 heteroatoms. The fourth-order valence-electron chi connectivity index (χ4n) is 2.92. The van der Waals surface area contributed by atoms with Crippen molar-refractivity contribution in [3.63, 3.8) is 0 Å². The van der Waals surface area contributed by atoms with Crippen LogP contribution in [0.3, 0.4) is 0 Å². The van der Waals surface area contributed by atoms with Crippen molar-refractivity contribution in [2.45, 2.75) is 66.4 Å². The van der Waals surface area contributed by atoms with Gasteiger partial charge in [0.15, 0.2) is 6.10 Å². The minimum absolute atomic E-state index is 0.308. The summed E-state index contributed by atoms with van der Waals surface area (Å²) in [4.78, 5) is 18.4. The fourth-order valence-corrected chi connectivity index (χ4v) is 2.92. The number of anilines is 1. The number of allylic oxidation sites excluding steroid dienone is 1. The van der Waals surface area contributed by atoms with E-state index < -0.39 is 6.10 Å². The van der Waals surface area contributed by atoms with Crippen LogP contribution in [-0.2, 0) is 20.8 Å². The lowest BCUT2D eigenvalue weighted by Gasteiger charge is -2.27. The van der Waals surface area contributed by atoms with E-state index in [-0.39, 0.29) is 5.97 Å². The van der Waals surface area contributed by atoms with Gasteiger partial charge in [0, 0.05) is 0 Å². The van der Waals surface area contributed by atoms with E-state index in [1.807, 2.05) is 30.3 Å². The molecule has 0 bridgehead atoms. The minimum atomic E-state index is -0.639. The number of esters is 1. The number of benzene rings is 1. The Morgan fingerprint density at radius 2 is 1.96 bits per heavy atom. The number of ether oxygens (including phenoxy) is 1. The minimum Gasteiger partial charge on any atom is -0.464 e. The van der Waals surface area contributed by atoms with Crippen LogP contribution in [0.1, 0.15) is 59.4 Å². The molecule has 27 heavy (non-hydrogen) atoms.